The maximum Gasteiger partial charge on any atom is 0.338 e. The lowest BCUT2D eigenvalue weighted by Gasteiger charge is -2.26. The van der Waals surface area contributed by atoms with Crippen LogP contribution in [0.5, 0.6) is 23.0 Å². The van der Waals surface area contributed by atoms with Gasteiger partial charge in [-0.1, -0.05) is 30.4 Å². The van der Waals surface area contributed by atoms with Crippen LogP contribution in [0.2, 0.25) is 0 Å². The molecular formula is C29H32N2O7S. The van der Waals surface area contributed by atoms with Crippen molar-refractivity contribution in [3.05, 3.63) is 78.5 Å². The van der Waals surface area contributed by atoms with E-state index in [2.05, 4.69) is 11.9 Å². The van der Waals surface area contributed by atoms with Crippen LogP contribution in [-0.4, -0.2) is 45.1 Å². The molecule has 0 saturated carbocycles. The summed E-state index contributed by atoms with van der Waals surface area (Å²) in [5.41, 5.74) is 1.89. The lowest BCUT2D eigenvalue weighted by molar-refractivity contribution is -0.139. The zero-order chi connectivity index (χ0) is 28.1. The van der Waals surface area contributed by atoms with Gasteiger partial charge in [-0.15, -0.1) is 0 Å². The number of carbonyl (C=O) groups excluding carboxylic acids is 1. The average Bonchev–Trinajstić information content (AvgIpc) is 3.24. The first-order chi connectivity index (χ1) is 18.9. The Balaban J connectivity index is 1.92. The molecule has 0 fully saturated rings. The van der Waals surface area contributed by atoms with Crippen molar-refractivity contribution in [3.8, 4) is 23.0 Å². The summed E-state index contributed by atoms with van der Waals surface area (Å²) in [4.78, 5) is 32.2. The van der Waals surface area contributed by atoms with E-state index in [1.165, 1.54) is 37.2 Å². The molecule has 1 aliphatic heterocycles. The minimum absolute atomic E-state index is 0.181. The molecular weight excluding hydrogens is 520 g/mol. The molecule has 1 aromatic heterocycles. The second-order valence-electron chi connectivity index (χ2n) is 8.68. The van der Waals surface area contributed by atoms with Gasteiger partial charge >= 0.3 is 5.97 Å². The normalized spacial score (nSPS) is 14.9. The Hall–Kier alpha value is -4.05. The molecule has 3 aromatic rings. The summed E-state index contributed by atoms with van der Waals surface area (Å²) < 4.78 is 29.6. The van der Waals surface area contributed by atoms with Crippen LogP contribution in [0.3, 0.4) is 0 Å². The number of esters is 1. The molecule has 39 heavy (non-hydrogen) atoms. The maximum absolute atomic E-state index is 13.9. The molecule has 0 bridgehead atoms. The standard InChI is InChI=1S/C29H32N2O7S/c1-7-13-38-20-11-9-18(10-12-20)14-23-27(32)31-25(19-15-21(34-4)26(36-6)22(16-19)35-5)24(28(33)37-8-2)17(3)30-29(31)39-23/h9-12,14-16,25H,7-8,13H2,1-6H3/b23-14-/t25-/m0/s1. The van der Waals surface area contributed by atoms with Crippen molar-refractivity contribution >= 4 is 23.4 Å². The van der Waals surface area contributed by atoms with Gasteiger partial charge in [-0.3, -0.25) is 9.36 Å². The smallest absolute Gasteiger partial charge is 0.338 e. The summed E-state index contributed by atoms with van der Waals surface area (Å²) in [6.45, 7) is 6.34. The Morgan fingerprint density at radius 3 is 2.28 bits per heavy atom. The van der Waals surface area contributed by atoms with Crippen molar-refractivity contribution in [3.63, 3.8) is 0 Å². The number of methoxy groups -OCH3 is 3. The van der Waals surface area contributed by atoms with E-state index in [0.717, 1.165) is 17.7 Å². The minimum Gasteiger partial charge on any atom is -0.494 e. The molecule has 0 aliphatic carbocycles. The van der Waals surface area contributed by atoms with Gasteiger partial charge in [0.2, 0.25) is 5.75 Å². The van der Waals surface area contributed by atoms with Crippen LogP contribution in [0.4, 0.5) is 0 Å². The number of fused-ring (bicyclic) bond motifs is 1. The molecule has 4 rings (SSSR count). The van der Waals surface area contributed by atoms with E-state index in [1.807, 2.05) is 30.3 Å². The largest absolute Gasteiger partial charge is 0.494 e. The van der Waals surface area contributed by atoms with Crippen LogP contribution in [0, 0.1) is 0 Å². The molecule has 1 aliphatic rings. The lowest BCUT2D eigenvalue weighted by atomic mass is 9.95. The molecule has 0 amide bonds. The van der Waals surface area contributed by atoms with Gasteiger partial charge in [-0.2, -0.15) is 0 Å². The van der Waals surface area contributed by atoms with E-state index < -0.39 is 12.0 Å². The first-order valence-electron chi connectivity index (χ1n) is 12.6. The van der Waals surface area contributed by atoms with Crippen LogP contribution in [0.25, 0.3) is 6.08 Å². The fourth-order valence-electron chi connectivity index (χ4n) is 4.40. The molecule has 1 atom stereocenters. The number of hydrogen-bond donors (Lipinski definition) is 0. The Labute approximate surface area is 230 Å². The Morgan fingerprint density at radius 1 is 1.05 bits per heavy atom. The number of benzene rings is 2. The van der Waals surface area contributed by atoms with Gasteiger partial charge in [0, 0.05) is 0 Å². The third-order valence-corrected chi connectivity index (χ3v) is 7.15. The number of ether oxygens (including phenoxy) is 5. The monoisotopic (exact) mass is 552 g/mol. The van der Waals surface area contributed by atoms with Crippen molar-refractivity contribution in [1.82, 2.24) is 4.57 Å². The maximum atomic E-state index is 13.9. The van der Waals surface area contributed by atoms with Crippen molar-refractivity contribution in [2.45, 2.75) is 33.2 Å². The molecule has 0 unspecified atom stereocenters. The van der Waals surface area contributed by atoms with Crippen LogP contribution in [0.1, 0.15) is 44.4 Å². The SMILES string of the molecule is CCCOc1ccc(/C=c2\sc3n(c2=O)[C@@H](c2cc(OC)c(OC)c(OC)c2)C(C(=O)OCC)=C(C)N=3)cc1. The number of aromatic nitrogens is 1. The van der Waals surface area contributed by atoms with Crippen LogP contribution in [0.15, 0.2) is 57.5 Å². The van der Waals surface area contributed by atoms with Gasteiger partial charge in [0.05, 0.1) is 56.4 Å². The summed E-state index contributed by atoms with van der Waals surface area (Å²) in [5.74, 6) is 1.43. The quantitative estimate of drug-likeness (QED) is 0.355. The second kappa shape index (κ2) is 12.2. The minimum atomic E-state index is -0.819. The van der Waals surface area contributed by atoms with E-state index in [0.29, 0.717) is 44.4 Å². The summed E-state index contributed by atoms with van der Waals surface area (Å²) in [6.07, 6.45) is 2.73. The summed E-state index contributed by atoms with van der Waals surface area (Å²) in [5, 5.41) is 0. The summed E-state index contributed by atoms with van der Waals surface area (Å²) in [6, 6.07) is 10.2. The molecule has 9 nitrogen and oxygen atoms in total. The van der Waals surface area contributed by atoms with Crippen LogP contribution in [-0.2, 0) is 9.53 Å². The highest BCUT2D eigenvalue weighted by Gasteiger charge is 2.34. The Morgan fingerprint density at radius 2 is 1.72 bits per heavy atom. The van der Waals surface area contributed by atoms with Gasteiger partial charge < -0.3 is 23.7 Å². The van der Waals surface area contributed by atoms with Crippen molar-refractivity contribution in [2.24, 2.45) is 4.99 Å². The first kappa shape index (κ1) is 28.0. The molecule has 2 aromatic carbocycles. The average molecular weight is 553 g/mol. The topological polar surface area (TPSA) is 97.6 Å². The van der Waals surface area contributed by atoms with Crippen LogP contribution < -0.4 is 33.8 Å². The highest BCUT2D eigenvalue weighted by molar-refractivity contribution is 7.07. The third-order valence-electron chi connectivity index (χ3n) is 6.17. The summed E-state index contributed by atoms with van der Waals surface area (Å²) >= 11 is 1.26. The number of hydrogen-bond acceptors (Lipinski definition) is 9. The van der Waals surface area contributed by atoms with E-state index >= 15 is 0 Å². The third kappa shape index (κ3) is 5.56. The first-order valence-corrected chi connectivity index (χ1v) is 13.4. The number of nitrogens with zero attached hydrogens (tertiary/aromatic N) is 2. The molecule has 10 heteroatoms. The van der Waals surface area contributed by atoms with Crippen molar-refractivity contribution in [1.29, 1.82) is 0 Å². The fourth-order valence-corrected chi connectivity index (χ4v) is 5.44. The van der Waals surface area contributed by atoms with E-state index in [9.17, 15) is 9.59 Å². The number of rotatable bonds is 10. The van der Waals surface area contributed by atoms with Gasteiger partial charge in [-0.25, -0.2) is 9.79 Å². The fraction of sp³-hybridized carbons (Fsp3) is 0.345. The highest BCUT2D eigenvalue weighted by atomic mass is 32.1. The molecule has 2 heterocycles. The number of thiazole rings is 1. The number of carbonyl (C=O) groups is 1. The molecule has 206 valence electrons. The number of allylic oxidation sites excluding steroid dienone is 1. The van der Waals surface area contributed by atoms with E-state index in [1.54, 1.807) is 26.0 Å². The Bertz CT molecular complexity index is 1540. The lowest BCUT2D eigenvalue weighted by Crippen LogP contribution is -2.40. The van der Waals surface area contributed by atoms with Crippen molar-refractivity contribution < 1.29 is 28.5 Å². The molecule has 0 N–H and O–H groups in total. The molecule has 0 saturated heterocycles. The van der Waals surface area contributed by atoms with Crippen LogP contribution >= 0.6 is 11.3 Å². The summed E-state index contributed by atoms with van der Waals surface area (Å²) in [7, 11) is 4.54. The van der Waals surface area contributed by atoms with Gasteiger partial charge in [0.25, 0.3) is 5.56 Å². The predicted octanol–water partition coefficient (Wildman–Crippen LogP) is 3.61. The highest BCUT2D eigenvalue weighted by Crippen LogP contribution is 2.42. The zero-order valence-corrected chi connectivity index (χ0v) is 23.7. The second-order valence-corrected chi connectivity index (χ2v) is 9.69. The predicted molar refractivity (Wildman–Crippen MR) is 149 cm³/mol. The molecule has 0 radical (unpaired) electrons. The van der Waals surface area contributed by atoms with Gasteiger partial charge in [0.1, 0.15) is 5.75 Å². The Kier molecular flexibility index (Phi) is 8.75. The van der Waals surface area contributed by atoms with Crippen molar-refractivity contribution in [2.75, 3.05) is 34.5 Å². The molecule has 0 spiro atoms. The zero-order valence-electron chi connectivity index (χ0n) is 22.9. The van der Waals surface area contributed by atoms with E-state index in [4.69, 9.17) is 23.7 Å². The van der Waals surface area contributed by atoms with Gasteiger partial charge in [-0.05, 0) is 61.7 Å². The van der Waals surface area contributed by atoms with Gasteiger partial charge in [0.15, 0.2) is 16.3 Å². The van der Waals surface area contributed by atoms with E-state index in [-0.39, 0.29) is 17.7 Å².